The summed E-state index contributed by atoms with van der Waals surface area (Å²) in [6.45, 7) is 2.95. The minimum absolute atomic E-state index is 0.125. The van der Waals surface area contributed by atoms with Gasteiger partial charge in [0, 0.05) is 13.1 Å². The van der Waals surface area contributed by atoms with Crippen LogP contribution in [0.3, 0.4) is 0 Å². The molecule has 0 N–H and O–H groups in total. The smallest absolute Gasteiger partial charge is 0.161 e. The Labute approximate surface area is 120 Å². The minimum atomic E-state index is -0.125. The van der Waals surface area contributed by atoms with E-state index in [1.54, 1.807) is 14.2 Å². The van der Waals surface area contributed by atoms with Crippen molar-refractivity contribution in [1.29, 1.82) is 0 Å². The van der Waals surface area contributed by atoms with Crippen LogP contribution in [0.4, 0.5) is 0 Å². The SMILES string of the molecule is COc1cc2c(cc1OC)C1(CCN(C)CC1)OCC2. The molecule has 20 heavy (non-hydrogen) atoms. The summed E-state index contributed by atoms with van der Waals surface area (Å²) >= 11 is 0. The van der Waals surface area contributed by atoms with Gasteiger partial charge in [-0.05, 0) is 49.6 Å². The molecule has 1 saturated heterocycles. The van der Waals surface area contributed by atoms with Gasteiger partial charge >= 0.3 is 0 Å². The van der Waals surface area contributed by atoms with Crippen molar-refractivity contribution in [1.82, 2.24) is 4.90 Å². The standard InChI is InChI=1S/C16H23NO3/c1-17-7-5-16(6-8-17)13-11-15(19-3)14(18-2)10-12(13)4-9-20-16/h10-11H,4-9H2,1-3H3. The first-order valence-electron chi connectivity index (χ1n) is 7.26. The van der Waals surface area contributed by atoms with Crippen molar-refractivity contribution in [2.45, 2.75) is 24.9 Å². The summed E-state index contributed by atoms with van der Waals surface area (Å²) in [6, 6.07) is 4.25. The van der Waals surface area contributed by atoms with E-state index in [2.05, 4.69) is 24.1 Å². The molecule has 0 bridgehead atoms. The molecule has 2 aliphatic heterocycles. The lowest BCUT2D eigenvalue weighted by Crippen LogP contribution is -2.45. The second-order valence-corrected chi connectivity index (χ2v) is 5.76. The number of ether oxygens (including phenoxy) is 3. The molecule has 1 spiro atoms. The highest BCUT2D eigenvalue weighted by molar-refractivity contribution is 5.50. The van der Waals surface area contributed by atoms with Gasteiger partial charge in [-0.3, -0.25) is 0 Å². The van der Waals surface area contributed by atoms with E-state index in [1.807, 2.05) is 0 Å². The number of nitrogens with zero attached hydrogens (tertiary/aromatic N) is 1. The number of hydrogen-bond donors (Lipinski definition) is 0. The van der Waals surface area contributed by atoms with Crippen molar-refractivity contribution in [3.63, 3.8) is 0 Å². The molecule has 1 aromatic rings. The summed E-state index contributed by atoms with van der Waals surface area (Å²) in [5, 5.41) is 0. The van der Waals surface area contributed by atoms with Gasteiger partial charge < -0.3 is 19.1 Å². The average molecular weight is 277 g/mol. The van der Waals surface area contributed by atoms with Gasteiger partial charge in [-0.15, -0.1) is 0 Å². The summed E-state index contributed by atoms with van der Waals surface area (Å²) in [5.41, 5.74) is 2.52. The average Bonchev–Trinajstić information content (AvgIpc) is 2.49. The Bertz CT molecular complexity index is 493. The molecule has 4 nitrogen and oxygen atoms in total. The molecule has 0 atom stereocenters. The topological polar surface area (TPSA) is 30.9 Å². The summed E-state index contributed by atoms with van der Waals surface area (Å²) in [5.74, 6) is 1.62. The minimum Gasteiger partial charge on any atom is -0.493 e. The van der Waals surface area contributed by atoms with Gasteiger partial charge in [-0.25, -0.2) is 0 Å². The Morgan fingerprint density at radius 1 is 1.10 bits per heavy atom. The third kappa shape index (κ3) is 2.17. The fourth-order valence-electron chi connectivity index (χ4n) is 3.38. The Morgan fingerprint density at radius 2 is 1.75 bits per heavy atom. The molecule has 2 aliphatic rings. The Kier molecular flexibility index (Phi) is 3.61. The van der Waals surface area contributed by atoms with Gasteiger partial charge in [0.05, 0.1) is 26.4 Å². The first-order chi connectivity index (χ1) is 9.68. The first-order valence-corrected chi connectivity index (χ1v) is 7.26. The monoisotopic (exact) mass is 277 g/mol. The van der Waals surface area contributed by atoms with E-state index in [9.17, 15) is 0 Å². The molecule has 0 saturated carbocycles. The zero-order valence-corrected chi connectivity index (χ0v) is 12.6. The molecule has 110 valence electrons. The van der Waals surface area contributed by atoms with Crippen LogP contribution in [-0.4, -0.2) is 45.9 Å². The van der Waals surface area contributed by atoms with Crippen LogP contribution >= 0.6 is 0 Å². The molecule has 1 fully saturated rings. The number of piperidine rings is 1. The van der Waals surface area contributed by atoms with E-state index in [4.69, 9.17) is 14.2 Å². The number of likely N-dealkylation sites (tertiary alicyclic amines) is 1. The summed E-state index contributed by atoms with van der Waals surface area (Å²) < 4.78 is 17.1. The van der Waals surface area contributed by atoms with Gasteiger partial charge in [0.15, 0.2) is 11.5 Å². The molecular weight excluding hydrogens is 254 g/mol. The lowest BCUT2D eigenvalue weighted by atomic mass is 9.79. The van der Waals surface area contributed by atoms with Crippen LogP contribution in [0.5, 0.6) is 11.5 Å². The van der Waals surface area contributed by atoms with Crippen molar-refractivity contribution in [3.8, 4) is 11.5 Å². The maximum Gasteiger partial charge on any atom is 0.161 e. The van der Waals surface area contributed by atoms with Crippen LogP contribution in [0.25, 0.3) is 0 Å². The third-order valence-electron chi connectivity index (χ3n) is 4.64. The maximum absolute atomic E-state index is 6.23. The predicted molar refractivity (Wildman–Crippen MR) is 77.6 cm³/mol. The number of rotatable bonds is 2. The largest absolute Gasteiger partial charge is 0.493 e. The summed E-state index contributed by atoms with van der Waals surface area (Å²) in [6.07, 6.45) is 3.05. The fourth-order valence-corrected chi connectivity index (χ4v) is 3.38. The Hall–Kier alpha value is -1.26. The molecule has 0 unspecified atom stereocenters. The van der Waals surface area contributed by atoms with Gasteiger partial charge in [0.1, 0.15) is 0 Å². The molecule has 3 rings (SSSR count). The molecule has 0 amide bonds. The molecule has 0 radical (unpaired) electrons. The first kappa shape index (κ1) is 13.7. The second-order valence-electron chi connectivity index (χ2n) is 5.76. The third-order valence-corrected chi connectivity index (χ3v) is 4.64. The van der Waals surface area contributed by atoms with Crippen molar-refractivity contribution in [3.05, 3.63) is 23.3 Å². The molecule has 4 heteroatoms. The van der Waals surface area contributed by atoms with E-state index in [0.717, 1.165) is 50.5 Å². The van der Waals surface area contributed by atoms with E-state index in [1.165, 1.54) is 11.1 Å². The van der Waals surface area contributed by atoms with Gasteiger partial charge in [-0.2, -0.15) is 0 Å². The van der Waals surface area contributed by atoms with Crippen LogP contribution in [0.1, 0.15) is 24.0 Å². The highest BCUT2D eigenvalue weighted by Gasteiger charge is 2.40. The molecule has 2 heterocycles. The number of methoxy groups -OCH3 is 2. The molecule has 1 aromatic carbocycles. The van der Waals surface area contributed by atoms with E-state index in [0.29, 0.717) is 0 Å². The second kappa shape index (κ2) is 5.26. The number of fused-ring (bicyclic) bond motifs is 2. The number of benzene rings is 1. The van der Waals surface area contributed by atoms with Crippen LogP contribution < -0.4 is 9.47 Å². The van der Waals surface area contributed by atoms with E-state index < -0.39 is 0 Å². The Morgan fingerprint density at radius 3 is 2.40 bits per heavy atom. The van der Waals surface area contributed by atoms with E-state index >= 15 is 0 Å². The highest BCUT2D eigenvalue weighted by atomic mass is 16.5. The zero-order valence-electron chi connectivity index (χ0n) is 12.6. The van der Waals surface area contributed by atoms with Crippen LogP contribution in [0, 0.1) is 0 Å². The van der Waals surface area contributed by atoms with Crippen molar-refractivity contribution >= 4 is 0 Å². The molecule has 0 aromatic heterocycles. The van der Waals surface area contributed by atoms with Crippen LogP contribution in [0.15, 0.2) is 12.1 Å². The van der Waals surface area contributed by atoms with Gasteiger partial charge in [0.25, 0.3) is 0 Å². The predicted octanol–water partition coefficient (Wildman–Crippen LogP) is 2.20. The lowest BCUT2D eigenvalue weighted by molar-refractivity contribution is -0.0952. The lowest BCUT2D eigenvalue weighted by Gasteiger charge is -2.44. The summed E-state index contributed by atoms with van der Waals surface area (Å²) in [7, 11) is 5.55. The normalized spacial score (nSPS) is 21.6. The van der Waals surface area contributed by atoms with Crippen LogP contribution in [0.2, 0.25) is 0 Å². The zero-order chi connectivity index (χ0) is 14.2. The van der Waals surface area contributed by atoms with Gasteiger partial charge in [0.2, 0.25) is 0 Å². The van der Waals surface area contributed by atoms with E-state index in [-0.39, 0.29) is 5.60 Å². The fraction of sp³-hybridized carbons (Fsp3) is 0.625. The molecule has 0 aliphatic carbocycles. The van der Waals surface area contributed by atoms with Crippen molar-refractivity contribution in [2.75, 3.05) is 41.0 Å². The highest BCUT2D eigenvalue weighted by Crippen LogP contribution is 2.45. The van der Waals surface area contributed by atoms with Gasteiger partial charge in [-0.1, -0.05) is 0 Å². The maximum atomic E-state index is 6.23. The summed E-state index contributed by atoms with van der Waals surface area (Å²) in [4.78, 5) is 2.36. The Balaban J connectivity index is 2.03. The number of hydrogen-bond acceptors (Lipinski definition) is 4. The quantitative estimate of drug-likeness (QED) is 0.829. The van der Waals surface area contributed by atoms with Crippen LogP contribution in [-0.2, 0) is 16.8 Å². The van der Waals surface area contributed by atoms with Crippen molar-refractivity contribution in [2.24, 2.45) is 0 Å². The molecular formula is C16H23NO3. The van der Waals surface area contributed by atoms with Crippen molar-refractivity contribution < 1.29 is 14.2 Å².